The van der Waals surface area contributed by atoms with Crippen LogP contribution >= 0.6 is 34.2 Å². The number of nitrogens with zero attached hydrogens (tertiary/aromatic N) is 3. The molecule has 0 N–H and O–H groups in total. The highest BCUT2D eigenvalue weighted by Gasteiger charge is 2.34. The molecular formula is C11H15ClIN3O. The second-order valence-electron chi connectivity index (χ2n) is 4.73. The minimum absolute atomic E-state index is 0.0474. The van der Waals surface area contributed by atoms with Gasteiger partial charge in [-0.05, 0) is 36.4 Å². The van der Waals surface area contributed by atoms with Gasteiger partial charge in [0.1, 0.15) is 12.1 Å². The predicted octanol–water partition coefficient (Wildman–Crippen LogP) is 2.30. The molecule has 1 aliphatic rings. The Morgan fingerprint density at radius 2 is 2.41 bits per heavy atom. The second-order valence-corrected chi connectivity index (χ2v) is 6.20. The van der Waals surface area contributed by atoms with Crippen molar-refractivity contribution in [3.8, 4) is 0 Å². The fourth-order valence-electron chi connectivity index (χ4n) is 2.08. The van der Waals surface area contributed by atoms with Gasteiger partial charge in [-0.3, -0.25) is 0 Å². The van der Waals surface area contributed by atoms with Crippen molar-refractivity contribution in [3.05, 3.63) is 16.1 Å². The van der Waals surface area contributed by atoms with Crippen LogP contribution in [0.5, 0.6) is 0 Å². The number of halogens is 2. The molecule has 1 atom stereocenters. The third kappa shape index (κ3) is 3.20. The van der Waals surface area contributed by atoms with E-state index >= 15 is 0 Å². The summed E-state index contributed by atoms with van der Waals surface area (Å²) < 4.78 is 6.95. The van der Waals surface area contributed by atoms with Gasteiger partial charge < -0.3 is 9.64 Å². The highest BCUT2D eigenvalue weighted by atomic mass is 127. The summed E-state index contributed by atoms with van der Waals surface area (Å²) in [7, 11) is 0. The van der Waals surface area contributed by atoms with Gasteiger partial charge >= 0.3 is 0 Å². The maximum absolute atomic E-state index is 5.91. The quantitative estimate of drug-likeness (QED) is 0.594. The Kier molecular flexibility index (Phi) is 4.10. The Morgan fingerprint density at radius 1 is 1.65 bits per heavy atom. The maximum Gasteiger partial charge on any atom is 0.145 e. The van der Waals surface area contributed by atoms with E-state index < -0.39 is 0 Å². The van der Waals surface area contributed by atoms with Crippen LogP contribution in [0.3, 0.4) is 0 Å². The lowest BCUT2D eigenvalue weighted by atomic mass is 10.1. The molecule has 0 aromatic carbocycles. The van der Waals surface area contributed by atoms with E-state index in [1.807, 2.05) is 6.20 Å². The molecule has 1 unspecified atom stereocenters. The van der Waals surface area contributed by atoms with Gasteiger partial charge in [-0.15, -0.1) is 11.6 Å². The van der Waals surface area contributed by atoms with Crippen molar-refractivity contribution >= 4 is 40.0 Å². The molecule has 1 aliphatic heterocycles. The summed E-state index contributed by atoms with van der Waals surface area (Å²) in [6.45, 7) is 5.74. The summed E-state index contributed by atoms with van der Waals surface area (Å²) in [5.74, 6) is 1.47. The van der Waals surface area contributed by atoms with Gasteiger partial charge in [-0.25, -0.2) is 9.97 Å². The molecule has 0 spiro atoms. The van der Waals surface area contributed by atoms with Crippen LogP contribution in [0.1, 0.15) is 13.8 Å². The fourth-order valence-corrected chi connectivity index (χ4v) is 2.88. The lowest BCUT2D eigenvalue weighted by molar-refractivity contribution is -0.0736. The Balaban J connectivity index is 2.24. The highest BCUT2D eigenvalue weighted by molar-refractivity contribution is 14.1. The van der Waals surface area contributed by atoms with Gasteiger partial charge in [0.05, 0.1) is 21.2 Å². The van der Waals surface area contributed by atoms with E-state index in [0.717, 1.165) is 22.5 Å². The van der Waals surface area contributed by atoms with Gasteiger partial charge in [0.2, 0.25) is 0 Å². The van der Waals surface area contributed by atoms with Crippen molar-refractivity contribution < 1.29 is 4.74 Å². The molecule has 0 aliphatic carbocycles. The van der Waals surface area contributed by atoms with Crippen LogP contribution in [0.15, 0.2) is 12.5 Å². The van der Waals surface area contributed by atoms with E-state index in [1.54, 1.807) is 6.33 Å². The van der Waals surface area contributed by atoms with Crippen LogP contribution in [0.4, 0.5) is 5.82 Å². The lowest BCUT2D eigenvalue weighted by Crippen LogP contribution is -2.54. The molecule has 94 valence electrons. The first-order chi connectivity index (χ1) is 8.02. The SMILES string of the molecule is CC1(C)CN(c2ncncc2I)CC(CCl)O1. The van der Waals surface area contributed by atoms with Crippen LogP contribution in [0.25, 0.3) is 0 Å². The van der Waals surface area contributed by atoms with Crippen molar-refractivity contribution in [3.63, 3.8) is 0 Å². The van der Waals surface area contributed by atoms with Crippen LogP contribution in [-0.4, -0.2) is 40.6 Å². The molecule has 1 aromatic rings. The van der Waals surface area contributed by atoms with Crippen molar-refractivity contribution in [1.82, 2.24) is 9.97 Å². The van der Waals surface area contributed by atoms with Crippen LogP contribution in [0.2, 0.25) is 0 Å². The van der Waals surface area contributed by atoms with Crippen molar-refractivity contribution in [1.29, 1.82) is 0 Å². The Hall–Kier alpha value is -0.140. The Morgan fingerprint density at radius 3 is 3.06 bits per heavy atom. The van der Waals surface area contributed by atoms with Gasteiger partial charge in [0.15, 0.2) is 0 Å². The van der Waals surface area contributed by atoms with E-state index in [9.17, 15) is 0 Å². The largest absolute Gasteiger partial charge is 0.367 e. The number of morpholine rings is 1. The molecule has 2 rings (SSSR count). The Bertz CT molecular complexity index is 402. The zero-order chi connectivity index (χ0) is 12.5. The molecule has 0 amide bonds. The number of hydrogen-bond donors (Lipinski definition) is 0. The molecule has 1 aromatic heterocycles. The number of aromatic nitrogens is 2. The van der Waals surface area contributed by atoms with Crippen LogP contribution < -0.4 is 4.90 Å². The highest BCUT2D eigenvalue weighted by Crippen LogP contribution is 2.27. The molecule has 4 nitrogen and oxygen atoms in total. The molecular weight excluding hydrogens is 352 g/mol. The predicted molar refractivity (Wildman–Crippen MR) is 76.6 cm³/mol. The third-order valence-corrected chi connectivity index (χ3v) is 3.71. The molecule has 0 bridgehead atoms. The molecule has 2 heterocycles. The van der Waals surface area contributed by atoms with Crippen molar-refractivity contribution in [2.45, 2.75) is 25.6 Å². The first kappa shape index (κ1) is 13.3. The summed E-state index contributed by atoms with van der Waals surface area (Å²) in [6.07, 6.45) is 3.45. The summed E-state index contributed by atoms with van der Waals surface area (Å²) in [4.78, 5) is 10.6. The van der Waals surface area contributed by atoms with Crippen LogP contribution in [-0.2, 0) is 4.74 Å². The van der Waals surface area contributed by atoms with Gasteiger partial charge in [-0.2, -0.15) is 0 Å². The van der Waals surface area contributed by atoms with E-state index in [4.69, 9.17) is 16.3 Å². The van der Waals surface area contributed by atoms with Crippen molar-refractivity contribution in [2.75, 3.05) is 23.9 Å². The maximum atomic E-state index is 5.91. The monoisotopic (exact) mass is 367 g/mol. The van der Waals surface area contributed by atoms with E-state index in [2.05, 4.69) is 51.3 Å². The number of rotatable bonds is 2. The smallest absolute Gasteiger partial charge is 0.145 e. The summed E-state index contributed by atoms with van der Waals surface area (Å²) in [5.41, 5.74) is -0.203. The minimum Gasteiger partial charge on any atom is -0.367 e. The standard InChI is InChI=1S/C11H15ClIN3O/c1-11(2)6-16(5-8(3-12)17-11)10-9(13)4-14-7-15-10/h4,7-8H,3,5-6H2,1-2H3. The zero-order valence-electron chi connectivity index (χ0n) is 9.86. The molecule has 6 heteroatoms. The molecule has 1 saturated heterocycles. The first-order valence-electron chi connectivity index (χ1n) is 5.46. The molecule has 17 heavy (non-hydrogen) atoms. The third-order valence-electron chi connectivity index (χ3n) is 2.60. The molecule has 0 radical (unpaired) electrons. The number of alkyl halides is 1. The number of anilines is 1. The zero-order valence-corrected chi connectivity index (χ0v) is 12.8. The second kappa shape index (κ2) is 5.24. The summed E-state index contributed by atoms with van der Waals surface area (Å²) in [5, 5.41) is 0. The van der Waals surface area contributed by atoms with Crippen LogP contribution in [0, 0.1) is 3.57 Å². The number of ether oxygens (including phenoxy) is 1. The van der Waals surface area contributed by atoms with E-state index in [1.165, 1.54) is 0 Å². The van der Waals surface area contributed by atoms with Crippen molar-refractivity contribution in [2.24, 2.45) is 0 Å². The Labute approximate surface area is 120 Å². The molecule has 1 fully saturated rings. The van der Waals surface area contributed by atoms with E-state index in [-0.39, 0.29) is 11.7 Å². The molecule has 0 saturated carbocycles. The minimum atomic E-state index is -0.203. The lowest BCUT2D eigenvalue weighted by Gasteiger charge is -2.43. The normalized spacial score (nSPS) is 23.8. The van der Waals surface area contributed by atoms with Gasteiger partial charge in [-0.1, -0.05) is 0 Å². The average molecular weight is 368 g/mol. The first-order valence-corrected chi connectivity index (χ1v) is 7.07. The van der Waals surface area contributed by atoms with E-state index in [0.29, 0.717) is 5.88 Å². The van der Waals surface area contributed by atoms with Gasteiger partial charge in [0.25, 0.3) is 0 Å². The van der Waals surface area contributed by atoms with Gasteiger partial charge in [0, 0.05) is 19.3 Å². The number of hydrogen-bond acceptors (Lipinski definition) is 4. The topological polar surface area (TPSA) is 38.2 Å². The fraction of sp³-hybridized carbons (Fsp3) is 0.636. The average Bonchev–Trinajstić information content (AvgIpc) is 2.27. The summed E-state index contributed by atoms with van der Waals surface area (Å²) in [6, 6.07) is 0. The summed E-state index contributed by atoms with van der Waals surface area (Å²) >= 11 is 8.17.